The summed E-state index contributed by atoms with van der Waals surface area (Å²) in [5.41, 5.74) is 0.646. The molecule has 5 atom stereocenters. The lowest BCUT2D eigenvalue weighted by Gasteiger charge is -2.28. The first-order chi connectivity index (χ1) is 16.4. The number of carbonyl (C=O) groups is 3. The van der Waals surface area contributed by atoms with Crippen molar-refractivity contribution in [3.05, 3.63) is 34.7 Å². The van der Waals surface area contributed by atoms with E-state index in [9.17, 15) is 24.0 Å². The van der Waals surface area contributed by atoms with Crippen LogP contribution in [0.15, 0.2) is 18.2 Å². The number of amides is 3. The van der Waals surface area contributed by atoms with Gasteiger partial charge in [0.2, 0.25) is 11.8 Å². The van der Waals surface area contributed by atoms with E-state index in [-0.39, 0.29) is 52.6 Å². The molecule has 1 aliphatic carbocycles. The smallest absolute Gasteiger partial charge is 0.271 e. The van der Waals surface area contributed by atoms with Gasteiger partial charge in [-0.05, 0) is 55.7 Å². The largest absolute Gasteiger partial charge is 0.356 e. The fourth-order valence-electron chi connectivity index (χ4n) is 5.84. The summed E-state index contributed by atoms with van der Waals surface area (Å²) in [4.78, 5) is 43.3. The minimum absolute atomic E-state index is 0.0171. The Hall–Kier alpha value is -3.12. The van der Waals surface area contributed by atoms with Crippen molar-refractivity contribution in [1.29, 1.82) is 5.26 Å². The van der Waals surface area contributed by atoms with Crippen LogP contribution < -0.4 is 10.6 Å². The third-order valence-corrected chi connectivity index (χ3v) is 7.77. The number of rotatable bonds is 5. The molecule has 34 heavy (non-hydrogen) atoms. The molecule has 0 bridgehead atoms. The maximum Gasteiger partial charge on any atom is 0.271 e. The standard InChI is InChI=1S/C24H25ClFN5O3/c25-18-7-14(26)8-19-17(18)9-20(30-19)24(34)31-11-13-2-1-3-16(13)21(31)23(33)29-15(10-27)6-12-4-5-28-22(12)32/h7-9,12-13,15-16,21,30H,1-6,11H2,(H,28,32)(H,29,33). The quantitative estimate of drug-likeness (QED) is 0.603. The van der Waals surface area contributed by atoms with Crippen LogP contribution in [0.25, 0.3) is 10.9 Å². The number of halogens is 2. The summed E-state index contributed by atoms with van der Waals surface area (Å²) in [5.74, 6) is -1.41. The molecule has 3 amide bonds. The van der Waals surface area contributed by atoms with Crippen molar-refractivity contribution in [2.75, 3.05) is 13.1 Å². The number of likely N-dealkylation sites (tertiary alicyclic amines) is 1. The van der Waals surface area contributed by atoms with Crippen molar-refractivity contribution in [2.24, 2.45) is 17.8 Å². The van der Waals surface area contributed by atoms with E-state index in [1.807, 2.05) is 0 Å². The fraction of sp³-hybridized carbons (Fsp3) is 0.500. The lowest BCUT2D eigenvalue weighted by molar-refractivity contribution is -0.127. The highest BCUT2D eigenvalue weighted by atomic mass is 35.5. The maximum atomic E-state index is 13.8. The highest BCUT2D eigenvalue weighted by molar-refractivity contribution is 6.35. The Labute approximate surface area is 200 Å². The Morgan fingerprint density at radius 3 is 2.85 bits per heavy atom. The van der Waals surface area contributed by atoms with Gasteiger partial charge in [-0.3, -0.25) is 14.4 Å². The second-order valence-electron chi connectivity index (χ2n) is 9.49. The summed E-state index contributed by atoms with van der Waals surface area (Å²) in [6, 6.07) is 4.63. The van der Waals surface area contributed by atoms with Gasteiger partial charge in [-0.2, -0.15) is 5.26 Å². The van der Waals surface area contributed by atoms with Crippen LogP contribution in [0.5, 0.6) is 0 Å². The number of aromatic nitrogens is 1. The molecule has 3 heterocycles. The Morgan fingerprint density at radius 2 is 2.12 bits per heavy atom. The highest BCUT2D eigenvalue weighted by Crippen LogP contribution is 2.43. The number of hydrogen-bond donors (Lipinski definition) is 3. The molecule has 0 spiro atoms. The molecule has 5 rings (SSSR count). The average Bonchev–Trinajstić information content (AvgIpc) is 3.56. The Kier molecular flexibility index (Phi) is 5.94. The topological polar surface area (TPSA) is 118 Å². The average molecular weight is 486 g/mol. The molecule has 3 N–H and O–H groups in total. The first-order valence-electron chi connectivity index (χ1n) is 11.6. The Morgan fingerprint density at radius 1 is 1.29 bits per heavy atom. The van der Waals surface area contributed by atoms with E-state index in [1.165, 1.54) is 12.1 Å². The van der Waals surface area contributed by atoms with Crippen LogP contribution in [0, 0.1) is 34.9 Å². The molecule has 10 heteroatoms. The van der Waals surface area contributed by atoms with Crippen LogP contribution in [0.1, 0.15) is 42.6 Å². The molecule has 2 saturated heterocycles. The second-order valence-corrected chi connectivity index (χ2v) is 9.90. The van der Waals surface area contributed by atoms with Gasteiger partial charge < -0.3 is 20.5 Å². The van der Waals surface area contributed by atoms with Gasteiger partial charge >= 0.3 is 0 Å². The molecular formula is C24H25ClFN5O3. The minimum Gasteiger partial charge on any atom is -0.356 e. The second kappa shape index (κ2) is 8.91. The van der Waals surface area contributed by atoms with Gasteiger partial charge in [0, 0.05) is 24.4 Å². The minimum atomic E-state index is -0.811. The number of fused-ring (bicyclic) bond motifs is 2. The number of nitrogens with zero attached hydrogens (tertiary/aromatic N) is 2. The molecular weight excluding hydrogens is 461 g/mol. The number of nitriles is 1. The molecule has 0 radical (unpaired) electrons. The molecule has 3 fully saturated rings. The van der Waals surface area contributed by atoms with Gasteiger partial charge in [0.15, 0.2) is 0 Å². The predicted molar refractivity (Wildman–Crippen MR) is 122 cm³/mol. The SMILES string of the molecule is N#CC(CC1CCNC1=O)NC(=O)C1C2CCCC2CN1C(=O)c1cc2c(Cl)cc(F)cc2[nH]1. The van der Waals surface area contributed by atoms with Crippen LogP contribution in [-0.4, -0.2) is 52.8 Å². The van der Waals surface area contributed by atoms with E-state index in [1.54, 1.807) is 11.0 Å². The predicted octanol–water partition coefficient (Wildman–Crippen LogP) is 2.74. The number of benzene rings is 1. The first-order valence-corrected chi connectivity index (χ1v) is 12.0. The maximum absolute atomic E-state index is 13.8. The van der Waals surface area contributed by atoms with E-state index >= 15 is 0 Å². The molecule has 8 nitrogen and oxygen atoms in total. The number of carbonyl (C=O) groups excluding carboxylic acids is 3. The van der Waals surface area contributed by atoms with Crippen LogP contribution in [0.4, 0.5) is 4.39 Å². The molecule has 3 aliphatic rings. The van der Waals surface area contributed by atoms with Crippen LogP contribution in [0.3, 0.4) is 0 Å². The van der Waals surface area contributed by atoms with E-state index in [0.29, 0.717) is 30.4 Å². The summed E-state index contributed by atoms with van der Waals surface area (Å²) in [6.07, 6.45) is 3.64. The third kappa shape index (κ3) is 4.00. The lowest BCUT2D eigenvalue weighted by atomic mass is 9.92. The van der Waals surface area contributed by atoms with Gasteiger partial charge in [-0.1, -0.05) is 18.0 Å². The molecule has 2 aromatic rings. The molecule has 5 unspecified atom stereocenters. The van der Waals surface area contributed by atoms with Crippen molar-refractivity contribution in [2.45, 2.75) is 44.2 Å². The molecule has 1 aromatic heterocycles. The van der Waals surface area contributed by atoms with E-state index in [0.717, 1.165) is 19.3 Å². The summed E-state index contributed by atoms with van der Waals surface area (Å²) >= 11 is 6.14. The van der Waals surface area contributed by atoms with E-state index in [2.05, 4.69) is 21.7 Å². The summed E-state index contributed by atoms with van der Waals surface area (Å²) in [5, 5.41) is 15.9. The molecule has 2 aliphatic heterocycles. The van der Waals surface area contributed by atoms with Gasteiger partial charge in [0.1, 0.15) is 23.6 Å². The molecule has 1 aromatic carbocycles. The van der Waals surface area contributed by atoms with Crippen LogP contribution in [-0.2, 0) is 9.59 Å². The van der Waals surface area contributed by atoms with Gasteiger partial charge in [0.05, 0.1) is 16.6 Å². The van der Waals surface area contributed by atoms with Crippen molar-refractivity contribution in [1.82, 2.24) is 20.5 Å². The first kappa shape index (κ1) is 22.7. The number of hydrogen-bond acceptors (Lipinski definition) is 4. The van der Waals surface area contributed by atoms with Gasteiger partial charge in [-0.25, -0.2) is 4.39 Å². The van der Waals surface area contributed by atoms with Crippen molar-refractivity contribution >= 4 is 40.2 Å². The van der Waals surface area contributed by atoms with Crippen LogP contribution in [0.2, 0.25) is 5.02 Å². The van der Waals surface area contributed by atoms with Crippen molar-refractivity contribution in [3.63, 3.8) is 0 Å². The number of H-pyrrole nitrogens is 1. The number of nitrogens with one attached hydrogen (secondary N) is 3. The van der Waals surface area contributed by atoms with E-state index < -0.39 is 17.9 Å². The molecule has 1 saturated carbocycles. The van der Waals surface area contributed by atoms with Gasteiger partial charge in [0.25, 0.3) is 5.91 Å². The zero-order valence-electron chi connectivity index (χ0n) is 18.4. The Balaban J connectivity index is 1.38. The summed E-state index contributed by atoms with van der Waals surface area (Å²) in [7, 11) is 0. The zero-order chi connectivity index (χ0) is 24.0. The lowest BCUT2D eigenvalue weighted by Crippen LogP contribution is -2.51. The Bertz CT molecular complexity index is 1210. The van der Waals surface area contributed by atoms with E-state index in [4.69, 9.17) is 11.6 Å². The number of aromatic amines is 1. The zero-order valence-corrected chi connectivity index (χ0v) is 19.2. The highest BCUT2D eigenvalue weighted by Gasteiger charge is 2.50. The van der Waals surface area contributed by atoms with Crippen LogP contribution >= 0.6 is 11.6 Å². The molecule has 178 valence electrons. The summed E-state index contributed by atoms with van der Waals surface area (Å²) in [6.45, 7) is 1.02. The normalized spacial score (nSPS) is 26.9. The summed E-state index contributed by atoms with van der Waals surface area (Å²) < 4.78 is 13.8. The monoisotopic (exact) mass is 485 g/mol. The van der Waals surface area contributed by atoms with Gasteiger partial charge in [-0.15, -0.1) is 0 Å². The third-order valence-electron chi connectivity index (χ3n) is 7.46. The fourth-order valence-corrected chi connectivity index (χ4v) is 6.10. The van der Waals surface area contributed by atoms with Crippen molar-refractivity contribution in [3.8, 4) is 6.07 Å². The van der Waals surface area contributed by atoms with Crippen molar-refractivity contribution < 1.29 is 18.8 Å².